The maximum absolute atomic E-state index is 13.2. The van der Waals surface area contributed by atoms with Crippen LogP contribution in [0.25, 0.3) is 16.6 Å². The van der Waals surface area contributed by atoms with Gasteiger partial charge in [0.15, 0.2) is 5.16 Å². The Balaban J connectivity index is 1.79. The molecular weight excluding hydrogens is 394 g/mol. The van der Waals surface area contributed by atoms with Gasteiger partial charge in [-0.15, -0.1) is 0 Å². The van der Waals surface area contributed by atoms with Crippen molar-refractivity contribution in [3.8, 4) is 5.69 Å². The molecule has 0 saturated carbocycles. The largest absolute Gasteiger partial charge is 0.342 e. The van der Waals surface area contributed by atoms with Crippen molar-refractivity contribution >= 4 is 40.2 Å². The molecule has 2 heterocycles. The van der Waals surface area contributed by atoms with Gasteiger partial charge in [0.1, 0.15) is 0 Å². The summed E-state index contributed by atoms with van der Waals surface area (Å²) in [5.74, 6) is 0.0903. The van der Waals surface area contributed by atoms with Gasteiger partial charge in [0.2, 0.25) is 5.91 Å². The molecule has 0 aliphatic carbocycles. The lowest BCUT2D eigenvalue weighted by molar-refractivity contribution is -0.129. The number of fused-ring (bicyclic) bond motifs is 1. The van der Waals surface area contributed by atoms with E-state index in [-0.39, 0.29) is 16.7 Å². The van der Waals surface area contributed by atoms with Gasteiger partial charge >= 0.3 is 0 Å². The first-order valence-electron chi connectivity index (χ1n) is 9.28. The lowest BCUT2D eigenvalue weighted by atomic mass is 10.2. The Morgan fingerprint density at radius 3 is 2.50 bits per heavy atom. The third-order valence-corrected chi connectivity index (χ3v) is 6.17. The number of halogens is 1. The molecule has 0 bridgehead atoms. The van der Waals surface area contributed by atoms with Crippen LogP contribution in [0.1, 0.15) is 19.8 Å². The molecule has 3 aromatic rings. The Bertz CT molecular complexity index is 1080. The van der Waals surface area contributed by atoms with Crippen LogP contribution in [0.5, 0.6) is 0 Å². The fourth-order valence-electron chi connectivity index (χ4n) is 3.41. The normalized spacial score (nSPS) is 15.1. The number of aromatic nitrogens is 2. The minimum Gasteiger partial charge on any atom is -0.342 e. The van der Waals surface area contributed by atoms with Crippen molar-refractivity contribution in [2.24, 2.45) is 0 Å². The molecule has 0 N–H and O–H groups in total. The van der Waals surface area contributed by atoms with Crippen LogP contribution in [0.15, 0.2) is 58.5 Å². The first-order chi connectivity index (χ1) is 13.5. The monoisotopic (exact) mass is 413 g/mol. The fourth-order valence-corrected chi connectivity index (χ4v) is 4.55. The van der Waals surface area contributed by atoms with Crippen LogP contribution in [0, 0.1) is 0 Å². The summed E-state index contributed by atoms with van der Waals surface area (Å²) in [5, 5.41) is 1.31. The molecule has 1 aliphatic rings. The van der Waals surface area contributed by atoms with E-state index in [4.69, 9.17) is 16.6 Å². The van der Waals surface area contributed by atoms with Gasteiger partial charge in [-0.2, -0.15) is 0 Å². The van der Waals surface area contributed by atoms with Crippen LogP contribution in [-0.2, 0) is 4.79 Å². The molecule has 0 spiro atoms. The average Bonchev–Trinajstić information content (AvgIpc) is 3.23. The van der Waals surface area contributed by atoms with Gasteiger partial charge < -0.3 is 4.90 Å². The van der Waals surface area contributed by atoms with Crippen LogP contribution in [-0.4, -0.2) is 38.7 Å². The Morgan fingerprint density at radius 1 is 1.11 bits per heavy atom. The summed E-state index contributed by atoms with van der Waals surface area (Å²) in [5.41, 5.74) is 1.15. The second-order valence-electron chi connectivity index (χ2n) is 6.82. The standard InChI is InChI=1S/C21H20ClN3O2S/c1-14(19(26)24-12-4-5-13-24)28-21-23-18-7-3-2-6-17(18)20(27)25(21)16-10-8-15(22)9-11-16/h2-3,6-11,14H,4-5,12-13H2,1H3/t14-/m1/s1. The van der Waals surface area contributed by atoms with E-state index in [2.05, 4.69) is 0 Å². The Morgan fingerprint density at radius 2 is 1.79 bits per heavy atom. The Hall–Kier alpha value is -2.31. The molecule has 144 valence electrons. The highest BCUT2D eigenvalue weighted by molar-refractivity contribution is 8.00. The summed E-state index contributed by atoms with van der Waals surface area (Å²) in [4.78, 5) is 32.6. The molecule has 28 heavy (non-hydrogen) atoms. The van der Waals surface area contributed by atoms with Crippen molar-refractivity contribution < 1.29 is 4.79 Å². The highest BCUT2D eigenvalue weighted by Crippen LogP contribution is 2.27. The average molecular weight is 414 g/mol. The molecule has 0 radical (unpaired) electrons. The van der Waals surface area contributed by atoms with E-state index >= 15 is 0 Å². The van der Waals surface area contributed by atoms with Crippen LogP contribution >= 0.6 is 23.4 Å². The van der Waals surface area contributed by atoms with Gasteiger partial charge in [0.25, 0.3) is 5.56 Å². The SMILES string of the molecule is C[C@@H](Sc1nc2ccccc2c(=O)n1-c1ccc(Cl)cc1)C(=O)N1CCCC1. The van der Waals surface area contributed by atoms with Crippen molar-refractivity contribution in [1.29, 1.82) is 0 Å². The van der Waals surface area contributed by atoms with E-state index in [0.717, 1.165) is 25.9 Å². The first-order valence-corrected chi connectivity index (χ1v) is 10.5. The minimum absolute atomic E-state index is 0.0903. The third-order valence-electron chi connectivity index (χ3n) is 4.88. The predicted octanol–water partition coefficient (Wildman–Crippen LogP) is 4.14. The lowest BCUT2D eigenvalue weighted by Gasteiger charge is -2.21. The molecule has 1 atom stereocenters. The lowest BCUT2D eigenvalue weighted by Crippen LogP contribution is -2.34. The van der Waals surface area contributed by atoms with Crippen LogP contribution in [0.2, 0.25) is 5.02 Å². The summed E-state index contributed by atoms with van der Waals surface area (Å²) >= 11 is 7.33. The number of amides is 1. The molecule has 1 aliphatic heterocycles. The van der Waals surface area contributed by atoms with Gasteiger partial charge in [0, 0.05) is 18.1 Å². The van der Waals surface area contributed by atoms with E-state index in [9.17, 15) is 9.59 Å². The topological polar surface area (TPSA) is 55.2 Å². The summed E-state index contributed by atoms with van der Waals surface area (Å²) in [7, 11) is 0. The second-order valence-corrected chi connectivity index (χ2v) is 8.57. The molecule has 1 saturated heterocycles. The van der Waals surface area contributed by atoms with Crippen molar-refractivity contribution in [3.63, 3.8) is 0 Å². The summed E-state index contributed by atoms with van der Waals surface area (Å²) in [6.07, 6.45) is 2.10. The number of rotatable bonds is 4. The van der Waals surface area contributed by atoms with Gasteiger partial charge in [-0.05, 0) is 56.2 Å². The number of carbonyl (C=O) groups is 1. The number of hydrogen-bond donors (Lipinski definition) is 0. The number of nitrogens with zero attached hydrogens (tertiary/aromatic N) is 3. The zero-order valence-electron chi connectivity index (χ0n) is 15.5. The number of carbonyl (C=O) groups excluding carboxylic acids is 1. The van der Waals surface area contributed by atoms with E-state index in [1.165, 1.54) is 11.8 Å². The quantitative estimate of drug-likeness (QED) is 0.476. The molecule has 1 amide bonds. The van der Waals surface area contributed by atoms with Crippen LogP contribution < -0.4 is 5.56 Å². The van der Waals surface area contributed by atoms with E-state index < -0.39 is 0 Å². The molecule has 0 unspecified atom stereocenters. The molecule has 4 rings (SSSR count). The molecule has 1 aromatic heterocycles. The van der Waals surface area contributed by atoms with Crippen LogP contribution in [0.4, 0.5) is 0 Å². The summed E-state index contributed by atoms with van der Waals surface area (Å²) < 4.78 is 1.57. The summed E-state index contributed by atoms with van der Waals surface area (Å²) in [6, 6.07) is 14.3. The van der Waals surface area contributed by atoms with Gasteiger partial charge in [-0.3, -0.25) is 14.2 Å². The van der Waals surface area contributed by atoms with Gasteiger partial charge in [0.05, 0.1) is 21.8 Å². The van der Waals surface area contributed by atoms with E-state index in [1.54, 1.807) is 34.9 Å². The summed E-state index contributed by atoms with van der Waals surface area (Å²) in [6.45, 7) is 3.48. The molecule has 1 fully saturated rings. The van der Waals surface area contributed by atoms with Crippen molar-refractivity contribution in [1.82, 2.24) is 14.5 Å². The van der Waals surface area contributed by atoms with Gasteiger partial charge in [-0.25, -0.2) is 4.98 Å². The molecule has 7 heteroatoms. The van der Waals surface area contributed by atoms with Gasteiger partial charge in [-0.1, -0.05) is 35.5 Å². The Labute approximate surface area is 172 Å². The zero-order valence-corrected chi connectivity index (χ0v) is 17.0. The van der Waals surface area contributed by atoms with E-state index in [0.29, 0.717) is 26.8 Å². The number of likely N-dealkylation sites (tertiary alicyclic amines) is 1. The minimum atomic E-state index is -0.329. The van der Waals surface area contributed by atoms with Crippen LogP contribution in [0.3, 0.4) is 0 Å². The third kappa shape index (κ3) is 3.66. The van der Waals surface area contributed by atoms with E-state index in [1.807, 2.05) is 30.0 Å². The highest BCUT2D eigenvalue weighted by atomic mass is 35.5. The Kier molecular flexibility index (Phi) is 5.42. The highest BCUT2D eigenvalue weighted by Gasteiger charge is 2.26. The van der Waals surface area contributed by atoms with Crippen molar-refractivity contribution in [2.75, 3.05) is 13.1 Å². The maximum Gasteiger partial charge on any atom is 0.266 e. The smallest absolute Gasteiger partial charge is 0.266 e. The number of hydrogen-bond acceptors (Lipinski definition) is 4. The molecular formula is C21H20ClN3O2S. The first kappa shape index (κ1) is 19.0. The predicted molar refractivity (Wildman–Crippen MR) is 113 cm³/mol. The number of benzene rings is 2. The number of thioether (sulfide) groups is 1. The van der Waals surface area contributed by atoms with Crippen molar-refractivity contribution in [2.45, 2.75) is 30.2 Å². The second kappa shape index (κ2) is 7.97. The zero-order chi connectivity index (χ0) is 19.7. The molecule has 2 aromatic carbocycles. The number of para-hydroxylation sites is 1. The molecule has 5 nitrogen and oxygen atoms in total. The maximum atomic E-state index is 13.2. The fraction of sp³-hybridized carbons (Fsp3) is 0.286. The van der Waals surface area contributed by atoms with Crippen molar-refractivity contribution in [3.05, 3.63) is 63.9 Å².